The normalized spacial score (nSPS) is 11.1. The molecule has 0 bridgehead atoms. The Hall–Kier alpha value is -4.30. The Morgan fingerprint density at radius 2 is 1.58 bits per heavy atom. The summed E-state index contributed by atoms with van der Waals surface area (Å²) in [5.74, 6) is -0.335. The highest BCUT2D eigenvalue weighted by Crippen LogP contribution is 2.33. The third-order valence-electron chi connectivity index (χ3n) is 6.22. The van der Waals surface area contributed by atoms with Crippen molar-refractivity contribution in [1.82, 2.24) is 25.5 Å². The van der Waals surface area contributed by atoms with Gasteiger partial charge in [0.05, 0.1) is 22.9 Å². The van der Waals surface area contributed by atoms with Crippen molar-refractivity contribution in [2.75, 3.05) is 5.32 Å². The molecule has 2 heterocycles. The summed E-state index contributed by atoms with van der Waals surface area (Å²) >= 11 is 0. The third kappa shape index (κ3) is 5.34. The van der Waals surface area contributed by atoms with Crippen LogP contribution in [0.5, 0.6) is 0 Å². The minimum Gasteiger partial charge on any atom is -0.354 e. The number of hydrogen-bond donors (Lipinski definition) is 3. The molecule has 36 heavy (non-hydrogen) atoms. The number of hydroxylamine groups is 1. The lowest BCUT2D eigenvalue weighted by Crippen LogP contribution is -2.17. The average Bonchev–Trinajstić information content (AvgIpc) is 3.39. The summed E-state index contributed by atoms with van der Waals surface area (Å²) < 4.78 is 1.86. The average molecular weight is 481 g/mol. The molecule has 0 spiro atoms. The molecule has 0 fully saturated rings. The zero-order valence-electron chi connectivity index (χ0n) is 19.9. The fourth-order valence-corrected chi connectivity index (χ4v) is 4.38. The van der Waals surface area contributed by atoms with Crippen molar-refractivity contribution in [2.24, 2.45) is 0 Å². The molecule has 0 unspecified atom stereocenters. The highest BCUT2D eigenvalue weighted by atomic mass is 16.5. The van der Waals surface area contributed by atoms with Gasteiger partial charge in [0.15, 0.2) is 0 Å². The van der Waals surface area contributed by atoms with Crippen LogP contribution < -0.4 is 10.8 Å². The molecule has 0 aliphatic carbocycles. The van der Waals surface area contributed by atoms with E-state index in [4.69, 9.17) is 10.2 Å². The van der Waals surface area contributed by atoms with Crippen LogP contribution in [0.25, 0.3) is 33.1 Å². The summed E-state index contributed by atoms with van der Waals surface area (Å²) in [6.07, 6.45) is 5.95. The number of unbranched alkanes of at least 4 members (excludes halogenated alkanes) is 3. The Balaban J connectivity index is 1.29. The van der Waals surface area contributed by atoms with E-state index >= 15 is 0 Å². The van der Waals surface area contributed by atoms with E-state index in [1.807, 2.05) is 59.4 Å². The maximum absolute atomic E-state index is 11.1. The number of benzene rings is 3. The molecule has 0 radical (unpaired) electrons. The van der Waals surface area contributed by atoms with Gasteiger partial charge in [-0.25, -0.2) is 10.5 Å². The van der Waals surface area contributed by atoms with Crippen LogP contribution >= 0.6 is 0 Å². The first-order chi connectivity index (χ1) is 17.7. The molecule has 0 aliphatic heterocycles. The Labute approximate surface area is 208 Å². The van der Waals surface area contributed by atoms with Crippen LogP contribution in [0.3, 0.4) is 0 Å². The lowest BCUT2D eigenvalue weighted by Gasteiger charge is -2.14. The van der Waals surface area contributed by atoms with Crippen molar-refractivity contribution in [2.45, 2.75) is 38.6 Å². The lowest BCUT2D eigenvalue weighted by atomic mass is 10.1. The number of amides is 1. The van der Waals surface area contributed by atoms with E-state index < -0.39 is 0 Å². The summed E-state index contributed by atoms with van der Waals surface area (Å²) in [4.78, 5) is 15.9. The van der Waals surface area contributed by atoms with Gasteiger partial charge < -0.3 is 5.32 Å². The number of rotatable bonds is 10. The van der Waals surface area contributed by atoms with Crippen LogP contribution in [0, 0.1) is 0 Å². The number of carbonyl (C=O) groups is 1. The van der Waals surface area contributed by atoms with E-state index in [-0.39, 0.29) is 5.91 Å². The molecule has 0 saturated heterocycles. The molecule has 182 valence electrons. The highest BCUT2D eigenvalue weighted by Gasteiger charge is 2.10. The van der Waals surface area contributed by atoms with Crippen molar-refractivity contribution >= 4 is 39.1 Å². The number of aromatic nitrogens is 4. The van der Waals surface area contributed by atoms with E-state index in [2.05, 4.69) is 39.9 Å². The van der Waals surface area contributed by atoms with Gasteiger partial charge >= 0.3 is 0 Å². The van der Waals surface area contributed by atoms with Crippen molar-refractivity contribution in [3.63, 3.8) is 0 Å². The van der Waals surface area contributed by atoms with Crippen LogP contribution in [-0.2, 0) is 11.3 Å². The second-order valence-electron chi connectivity index (χ2n) is 8.79. The summed E-state index contributed by atoms with van der Waals surface area (Å²) in [5, 5.41) is 23.0. The Bertz CT molecular complexity index is 1440. The zero-order chi connectivity index (χ0) is 24.7. The number of fused-ring (bicyclic) bond motifs is 2. The van der Waals surface area contributed by atoms with Crippen LogP contribution in [0.1, 0.15) is 32.1 Å². The number of anilines is 2. The van der Waals surface area contributed by atoms with Crippen LogP contribution in [0.2, 0.25) is 0 Å². The van der Waals surface area contributed by atoms with E-state index in [0.29, 0.717) is 6.42 Å². The first-order valence-electron chi connectivity index (χ1n) is 12.2. The lowest BCUT2D eigenvalue weighted by molar-refractivity contribution is -0.129. The monoisotopic (exact) mass is 480 g/mol. The van der Waals surface area contributed by atoms with Gasteiger partial charge in [-0.15, -0.1) is 5.10 Å². The van der Waals surface area contributed by atoms with Crippen LogP contribution in [0.15, 0.2) is 79.0 Å². The number of pyridine rings is 1. The second kappa shape index (κ2) is 11.0. The van der Waals surface area contributed by atoms with Crippen molar-refractivity contribution < 1.29 is 10.0 Å². The maximum atomic E-state index is 11.1. The van der Waals surface area contributed by atoms with Crippen LogP contribution in [0.4, 0.5) is 11.4 Å². The highest BCUT2D eigenvalue weighted by molar-refractivity contribution is 6.08. The SMILES string of the molecule is O=C(CCCCCCn1cc(-c2cccc(Nc3c4ccccc4nc4ccccc34)c2)nn1)NO. The molecule has 5 rings (SSSR count). The Morgan fingerprint density at radius 1 is 0.861 bits per heavy atom. The van der Waals surface area contributed by atoms with Crippen molar-refractivity contribution in [3.8, 4) is 11.3 Å². The first-order valence-corrected chi connectivity index (χ1v) is 12.2. The molecule has 3 N–H and O–H groups in total. The fraction of sp³-hybridized carbons (Fsp3) is 0.214. The molecule has 0 atom stereocenters. The minimum absolute atomic E-state index is 0.335. The molecule has 3 aromatic carbocycles. The standard InChI is InChI=1S/C28H28N6O2/c35-27(32-36)16-3-1-2-8-17-34-19-26(31-33-34)20-10-9-11-21(18-20)29-28-22-12-4-6-14-24(22)30-25-15-7-5-13-23(25)28/h4-7,9-15,18-19,36H,1-3,8,16-17H2,(H,29,30)(H,32,35). The van der Waals surface area contributed by atoms with Crippen molar-refractivity contribution in [3.05, 3.63) is 79.0 Å². The van der Waals surface area contributed by atoms with Gasteiger partial charge in [-0.1, -0.05) is 66.6 Å². The second-order valence-corrected chi connectivity index (χ2v) is 8.79. The van der Waals surface area contributed by atoms with E-state index in [1.54, 1.807) is 5.48 Å². The summed E-state index contributed by atoms with van der Waals surface area (Å²) in [5.41, 5.74) is 7.39. The minimum atomic E-state index is -0.335. The number of carbonyl (C=O) groups excluding carboxylic acids is 1. The quantitative estimate of drug-likeness (QED) is 0.100. The number of nitrogens with one attached hydrogen (secondary N) is 2. The van der Waals surface area contributed by atoms with Gasteiger partial charge in [0.25, 0.3) is 0 Å². The molecule has 0 saturated carbocycles. The molecular formula is C28H28N6O2. The topological polar surface area (TPSA) is 105 Å². The van der Waals surface area contributed by atoms with Gasteiger partial charge in [-0.2, -0.15) is 0 Å². The molecule has 8 heteroatoms. The van der Waals surface area contributed by atoms with E-state index in [0.717, 1.165) is 76.7 Å². The number of hydrogen-bond acceptors (Lipinski definition) is 6. The van der Waals surface area contributed by atoms with E-state index in [1.165, 1.54) is 0 Å². The first kappa shape index (κ1) is 23.4. The van der Waals surface area contributed by atoms with Crippen molar-refractivity contribution in [1.29, 1.82) is 0 Å². The number of aryl methyl sites for hydroxylation is 1. The molecule has 8 nitrogen and oxygen atoms in total. The molecular weight excluding hydrogens is 452 g/mol. The Kier molecular flexibility index (Phi) is 7.14. The van der Waals surface area contributed by atoms with Gasteiger partial charge in [0.1, 0.15) is 5.69 Å². The predicted molar refractivity (Wildman–Crippen MR) is 141 cm³/mol. The fourth-order valence-electron chi connectivity index (χ4n) is 4.38. The number of nitrogens with zero attached hydrogens (tertiary/aromatic N) is 4. The Morgan fingerprint density at radius 3 is 2.33 bits per heavy atom. The van der Waals surface area contributed by atoms with Gasteiger partial charge in [-0.3, -0.25) is 14.7 Å². The van der Waals surface area contributed by atoms with Gasteiger partial charge in [0.2, 0.25) is 5.91 Å². The summed E-state index contributed by atoms with van der Waals surface area (Å²) in [7, 11) is 0. The van der Waals surface area contributed by atoms with Crippen LogP contribution in [-0.4, -0.2) is 31.1 Å². The third-order valence-corrected chi connectivity index (χ3v) is 6.22. The largest absolute Gasteiger partial charge is 0.354 e. The maximum Gasteiger partial charge on any atom is 0.243 e. The molecule has 5 aromatic rings. The smallest absolute Gasteiger partial charge is 0.243 e. The molecule has 1 amide bonds. The molecule has 2 aromatic heterocycles. The summed E-state index contributed by atoms with van der Waals surface area (Å²) in [6, 6.07) is 24.5. The summed E-state index contributed by atoms with van der Waals surface area (Å²) in [6.45, 7) is 0.770. The predicted octanol–water partition coefficient (Wildman–Crippen LogP) is 5.85. The molecule has 0 aliphatic rings. The zero-order valence-corrected chi connectivity index (χ0v) is 19.9. The van der Waals surface area contributed by atoms with Gasteiger partial charge in [0, 0.05) is 35.0 Å². The van der Waals surface area contributed by atoms with E-state index in [9.17, 15) is 4.79 Å². The number of para-hydroxylation sites is 2. The van der Waals surface area contributed by atoms with Gasteiger partial charge in [-0.05, 0) is 37.1 Å².